The van der Waals surface area contributed by atoms with Crippen LogP contribution >= 0.6 is 0 Å². The minimum absolute atomic E-state index is 0.166. The Morgan fingerprint density at radius 1 is 1.47 bits per heavy atom. The van der Waals surface area contributed by atoms with Crippen LogP contribution in [0.4, 0.5) is 0 Å². The Morgan fingerprint density at radius 3 is 2.89 bits per heavy atom. The summed E-state index contributed by atoms with van der Waals surface area (Å²) in [7, 11) is 1.59. The second kappa shape index (κ2) is 5.51. The lowest BCUT2D eigenvalue weighted by Crippen LogP contribution is -2.23. The third-order valence-corrected chi connectivity index (χ3v) is 2.63. The minimum Gasteiger partial charge on any atom is -0.457 e. The maximum Gasteiger partial charge on any atom is 0.339 e. The summed E-state index contributed by atoms with van der Waals surface area (Å²) in [6.07, 6.45) is 4.63. The molecule has 0 saturated carbocycles. The molecule has 0 unspecified atom stereocenters. The number of hydrogen-bond acceptors (Lipinski definition) is 4. The van der Waals surface area contributed by atoms with Crippen molar-refractivity contribution >= 4 is 5.97 Å². The Kier molecular flexibility index (Phi) is 3.79. The number of carbonyl (C=O) groups is 1. The Hall–Kier alpha value is -2.37. The molecule has 0 amide bonds. The van der Waals surface area contributed by atoms with Gasteiger partial charge in [-0.15, -0.1) is 0 Å². The van der Waals surface area contributed by atoms with Crippen molar-refractivity contribution in [3.8, 4) is 0 Å². The molecule has 0 radical (unpaired) electrons. The third kappa shape index (κ3) is 3.31. The molecule has 2 aromatic rings. The molecule has 6 heteroatoms. The quantitative estimate of drug-likeness (QED) is 0.764. The van der Waals surface area contributed by atoms with Gasteiger partial charge in [0.05, 0.1) is 12.1 Å². The number of aromatic nitrogens is 3. The van der Waals surface area contributed by atoms with Gasteiger partial charge in [0.1, 0.15) is 6.10 Å². The molecule has 0 N–H and O–H groups in total. The van der Waals surface area contributed by atoms with E-state index in [1.165, 1.54) is 22.9 Å². The second-order valence-corrected chi connectivity index (χ2v) is 4.31. The van der Waals surface area contributed by atoms with Crippen LogP contribution in [0.2, 0.25) is 0 Å². The molecule has 0 aliphatic heterocycles. The van der Waals surface area contributed by atoms with Crippen LogP contribution in [0.3, 0.4) is 0 Å². The van der Waals surface area contributed by atoms with Crippen LogP contribution in [0, 0.1) is 0 Å². The molecule has 0 aliphatic rings. The summed E-state index contributed by atoms with van der Waals surface area (Å²) in [5.41, 5.74) is 0.190. The molecule has 0 saturated heterocycles. The van der Waals surface area contributed by atoms with Crippen molar-refractivity contribution in [3.63, 3.8) is 0 Å². The molecule has 2 aromatic heterocycles. The largest absolute Gasteiger partial charge is 0.457 e. The number of aryl methyl sites for hydroxylation is 1. The second-order valence-electron chi connectivity index (χ2n) is 4.31. The van der Waals surface area contributed by atoms with Crippen LogP contribution in [-0.2, 0) is 18.3 Å². The summed E-state index contributed by atoms with van der Waals surface area (Å²) in [5, 5.41) is 4.04. The number of nitrogens with zero attached hydrogens (tertiary/aromatic N) is 3. The van der Waals surface area contributed by atoms with Gasteiger partial charge in [0.25, 0.3) is 0 Å². The predicted octanol–water partition coefficient (Wildman–Crippen LogP) is 0.827. The van der Waals surface area contributed by atoms with E-state index in [1.54, 1.807) is 31.0 Å². The third-order valence-electron chi connectivity index (χ3n) is 2.63. The zero-order valence-electron chi connectivity index (χ0n) is 10.8. The first kappa shape index (κ1) is 13.1. The highest BCUT2D eigenvalue weighted by Crippen LogP contribution is 2.03. The number of pyridine rings is 1. The molecule has 100 valence electrons. The molecule has 2 heterocycles. The Bertz CT molecular complexity index is 616. The molecule has 0 bridgehead atoms. The van der Waals surface area contributed by atoms with Gasteiger partial charge in [-0.1, -0.05) is 0 Å². The standard InChI is InChI=1S/C13H15N3O3/c1-10(8-16-7-3-6-14-16)19-13(18)11-4-5-12(17)15(2)9-11/h3-7,9-10H,8H2,1-2H3/t10-/m0/s1. The predicted molar refractivity (Wildman–Crippen MR) is 68.8 cm³/mol. The van der Waals surface area contributed by atoms with Crippen LogP contribution < -0.4 is 5.56 Å². The van der Waals surface area contributed by atoms with Crippen molar-refractivity contribution < 1.29 is 9.53 Å². The summed E-state index contributed by atoms with van der Waals surface area (Å²) in [5.74, 6) is -0.449. The molecule has 0 aliphatic carbocycles. The Morgan fingerprint density at radius 2 is 2.26 bits per heavy atom. The van der Waals surface area contributed by atoms with Gasteiger partial charge < -0.3 is 9.30 Å². The fourth-order valence-electron chi connectivity index (χ4n) is 1.67. The van der Waals surface area contributed by atoms with Crippen molar-refractivity contribution in [2.45, 2.75) is 19.6 Å². The molecule has 6 nitrogen and oxygen atoms in total. The number of rotatable bonds is 4. The van der Waals surface area contributed by atoms with E-state index >= 15 is 0 Å². The number of ether oxygens (including phenoxy) is 1. The first-order chi connectivity index (χ1) is 9.06. The fourth-order valence-corrected chi connectivity index (χ4v) is 1.67. The molecule has 1 atom stereocenters. The SMILES string of the molecule is C[C@@H](Cn1cccn1)OC(=O)c1ccc(=O)n(C)c1. The number of hydrogen-bond donors (Lipinski definition) is 0. The van der Waals surface area contributed by atoms with Gasteiger partial charge in [0, 0.05) is 31.7 Å². The number of esters is 1. The summed E-state index contributed by atoms with van der Waals surface area (Å²) in [6, 6.07) is 4.61. The van der Waals surface area contributed by atoms with Crippen molar-refractivity contribution in [2.75, 3.05) is 0 Å². The van der Waals surface area contributed by atoms with E-state index in [9.17, 15) is 9.59 Å². The molecule has 0 fully saturated rings. The van der Waals surface area contributed by atoms with E-state index < -0.39 is 5.97 Å². The van der Waals surface area contributed by atoms with Crippen molar-refractivity contribution in [1.82, 2.24) is 14.3 Å². The zero-order valence-corrected chi connectivity index (χ0v) is 10.8. The topological polar surface area (TPSA) is 66.1 Å². The highest BCUT2D eigenvalue weighted by Gasteiger charge is 2.13. The van der Waals surface area contributed by atoms with Gasteiger partial charge in [-0.2, -0.15) is 5.10 Å². The lowest BCUT2D eigenvalue weighted by atomic mass is 10.3. The molecule has 2 rings (SSSR count). The average molecular weight is 261 g/mol. The lowest BCUT2D eigenvalue weighted by Gasteiger charge is -2.13. The van der Waals surface area contributed by atoms with E-state index in [0.29, 0.717) is 12.1 Å². The van der Waals surface area contributed by atoms with E-state index in [1.807, 2.05) is 6.07 Å². The van der Waals surface area contributed by atoms with Crippen LogP contribution in [0.25, 0.3) is 0 Å². The first-order valence-corrected chi connectivity index (χ1v) is 5.91. The van der Waals surface area contributed by atoms with E-state index in [0.717, 1.165) is 0 Å². The maximum absolute atomic E-state index is 11.9. The van der Waals surface area contributed by atoms with Gasteiger partial charge in [0.15, 0.2) is 0 Å². The van der Waals surface area contributed by atoms with Gasteiger partial charge in [-0.3, -0.25) is 9.48 Å². The van der Waals surface area contributed by atoms with Crippen LogP contribution in [0.1, 0.15) is 17.3 Å². The summed E-state index contributed by atoms with van der Waals surface area (Å²) in [6.45, 7) is 2.28. The molecule has 0 aromatic carbocycles. The van der Waals surface area contributed by atoms with E-state index in [2.05, 4.69) is 5.10 Å². The summed E-state index contributed by atoms with van der Waals surface area (Å²) >= 11 is 0. The summed E-state index contributed by atoms with van der Waals surface area (Å²) < 4.78 is 8.32. The zero-order chi connectivity index (χ0) is 13.8. The number of carbonyl (C=O) groups excluding carboxylic acids is 1. The van der Waals surface area contributed by atoms with Crippen molar-refractivity contribution in [3.05, 3.63) is 52.7 Å². The fraction of sp³-hybridized carbons (Fsp3) is 0.308. The highest BCUT2D eigenvalue weighted by molar-refractivity contribution is 5.89. The molecular formula is C13H15N3O3. The van der Waals surface area contributed by atoms with Crippen LogP contribution in [0.15, 0.2) is 41.6 Å². The molecular weight excluding hydrogens is 246 g/mol. The van der Waals surface area contributed by atoms with Crippen LogP contribution in [-0.4, -0.2) is 26.4 Å². The lowest BCUT2D eigenvalue weighted by molar-refractivity contribution is 0.0298. The van der Waals surface area contributed by atoms with Gasteiger partial charge in [-0.05, 0) is 19.1 Å². The Balaban J connectivity index is 2.00. The van der Waals surface area contributed by atoms with E-state index in [4.69, 9.17) is 4.74 Å². The van der Waals surface area contributed by atoms with Gasteiger partial charge in [-0.25, -0.2) is 4.79 Å². The smallest absolute Gasteiger partial charge is 0.339 e. The minimum atomic E-state index is -0.449. The van der Waals surface area contributed by atoms with E-state index in [-0.39, 0.29) is 11.7 Å². The summed E-state index contributed by atoms with van der Waals surface area (Å²) in [4.78, 5) is 23.1. The normalized spacial score (nSPS) is 12.1. The molecule has 19 heavy (non-hydrogen) atoms. The monoisotopic (exact) mass is 261 g/mol. The van der Waals surface area contributed by atoms with Crippen molar-refractivity contribution in [1.29, 1.82) is 0 Å². The van der Waals surface area contributed by atoms with Gasteiger partial charge >= 0.3 is 5.97 Å². The molecule has 0 spiro atoms. The average Bonchev–Trinajstić information content (AvgIpc) is 2.85. The first-order valence-electron chi connectivity index (χ1n) is 5.91. The van der Waals surface area contributed by atoms with Gasteiger partial charge in [0.2, 0.25) is 5.56 Å². The maximum atomic E-state index is 11.9. The highest BCUT2D eigenvalue weighted by atomic mass is 16.5. The van der Waals surface area contributed by atoms with Crippen molar-refractivity contribution in [2.24, 2.45) is 7.05 Å². The van der Waals surface area contributed by atoms with Crippen LogP contribution in [0.5, 0.6) is 0 Å². The Labute approximate surface area is 110 Å².